The first-order valence-electron chi connectivity index (χ1n) is 4.98. The Morgan fingerprint density at radius 2 is 2.00 bits per heavy atom. The van der Waals surface area contributed by atoms with E-state index in [9.17, 15) is 9.59 Å². The van der Waals surface area contributed by atoms with Crippen LogP contribution in [-0.4, -0.2) is 30.3 Å². The van der Waals surface area contributed by atoms with E-state index >= 15 is 0 Å². The summed E-state index contributed by atoms with van der Waals surface area (Å²) in [5.74, 6) is -0.592. The molecule has 0 heterocycles. The van der Waals surface area contributed by atoms with E-state index in [4.69, 9.17) is 9.84 Å². The Balaban J connectivity index is 2.65. The molecule has 0 aliphatic heterocycles. The Hall–Kier alpha value is -2.24. The van der Waals surface area contributed by atoms with Gasteiger partial charge in [0.05, 0.1) is 12.8 Å². The zero-order valence-corrected chi connectivity index (χ0v) is 9.56. The number of hydrogen-bond donors (Lipinski definition) is 3. The number of hydrogen-bond acceptors (Lipinski definition) is 3. The summed E-state index contributed by atoms with van der Waals surface area (Å²) in [6.45, 7) is 1.38. The molecule has 17 heavy (non-hydrogen) atoms. The normalized spacial score (nSPS) is 11.4. The molecule has 1 aromatic rings. The van der Waals surface area contributed by atoms with Gasteiger partial charge in [-0.2, -0.15) is 0 Å². The highest BCUT2D eigenvalue weighted by Crippen LogP contribution is 2.22. The summed E-state index contributed by atoms with van der Waals surface area (Å²) in [7, 11) is 1.48. The summed E-state index contributed by atoms with van der Waals surface area (Å²) in [4.78, 5) is 22.0. The number of para-hydroxylation sites is 2. The van der Waals surface area contributed by atoms with Gasteiger partial charge in [-0.15, -0.1) is 0 Å². The van der Waals surface area contributed by atoms with Crippen molar-refractivity contribution in [1.29, 1.82) is 0 Å². The molecule has 92 valence electrons. The number of carboxylic acid groups (broad SMARTS) is 1. The molecular weight excluding hydrogens is 224 g/mol. The fourth-order valence-electron chi connectivity index (χ4n) is 1.16. The second-order valence-corrected chi connectivity index (χ2v) is 3.36. The Kier molecular flexibility index (Phi) is 4.33. The number of aliphatic carboxylic acids is 1. The van der Waals surface area contributed by atoms with Crippen molar-refractivity contribution in [2.24, 2.45) is 0 Å². The fraction of sp³-hybridized carbons (Fsp3) is 0.273. The number of carboxylic acids is 1. The minimum Gasteiger partial charge on any atom is -0.495 e. The topological polar surface area (TPSA) is 87.7 Å². The molecule has 2 amide bonds. The van der Waals surface area contributed by atoms with Crippen molar-refractivity contribution in [1.82, 2.24) is 5.32 Å². The average molecular weight is 238 g/mol. The van der Waals surface area contributed by atoms with Crippen LogP contribution in [0.2, 0.25) is 0 Å². The SMILES string of the molecule is COc1ccccc1NC(=O)N[C@H](C)C(=O)O. The van der Waals surface area contributed by atoms with Crippen LogP contribution in [0.15, 0.2) is 24.3 Å². The van der Waals surface area contributed by atoms with Crippen molar-refractivity contribution in [3.63, 3.8) is 0 Å². The first kappa shape index (κ1) is 12.8. The van der Waals surface area contributed by atoms with E-state index in [1.54, 1.807) is 24.3 Å². The lowest BCUT2D eigenvalue weighted by molar-refractivity contribution is -0.138. The fourth-order valence-corrected chi connectivity index (χ4v) is 1.16. The third-order valence-electron chi connectivity index (χ3n) is 2.07. The zero-order valence-electron chi connectivity index (χ0n) is 9.56. The highest BCUT2D eigenvalue weighted by Gasteiger charge is 2.14. The van der Waals surface area contributed by atoms with Gasteiger partial charge >= 0.3 is 12.0 Å². The number of carbonyl (C=O) groups is 2. The van der Waals surface area contributed by atoms with Gasteiger partial charge in [0.2, 0.25) is 0 Å². The zero-order chi connectivity index (χ0) is 12.8. The van der Waals surface area contributed by atoms with E-state index in [1.165, 1.54) is 14.0 Å². The van der Waals surface area contributed by atoms with E-state index in [1.807, 2.05) is 0 Å². The van der Waals surface area contributed by atoms with Crippen molar-refractivity contribution >= 4 is 17.7 Å². The average Bonchev–Trinajstić information content (AvgIpc) is 2.29. The molecule has 0 aromatic heterocycles. The van der Waals surface area contributed by atoms with Crippen LogP contribution in [0.1, 0.15) is 6.92 Å². The predicted molar refractivity (Wildman–Crippen MR) is 62.2 cm³/mol. The van der Waals surface area contributed by atoms with Crippen molar-refractivity contribution in [2.75, 3.05) is 12.4 Å². The van der Waals surface area contributed by atoms with Crippen molar-refractivity contribution in [2.45, 2.75) is 13.0 Å². The molecule has 1 atom stereocenters. The maximum Gasteiger partial charge on any atom is 0.325 e. The van der Waals surface area contributed by atoms with Crippen LogP contribution in [-0.2, 0) is 4.79 Å². The summed E-state index contributed by atoms with van der Waals surface area (Å²) in [5, 5.41) is 13.4. The molecule has 0 fully saturated rings. The maximum atomic E-state index is 11.5. The number of nitrogens with one attached hydrogen (secondary N) is 2. The Morgan fingerprint density at radius 1 is 1.35 bits per heavy atom. The molecule has 6 nitrogen and oxygen atoms in total. The van der Waals surface area contributed by atoms with Crippen LogP contribution in [0.4, 0.5) is 10.5 Å². The Morgan fingerprint density at radius 3 is 2.59 bits per heavy atom. The number of benzene rings is 1. The lowest BCUT2D eigenvalue weighted by atomic mass is 10.3. The lowest BCUT2D eigenvalue weighted by Crippen LogP contribution is -2.40. The van der Waals surface area contributed by atoms with Gasteiger partial charge in [0.1, 0.15) is 11.8 Å². The summed E-state index contributed by atoms with van der Waals surface area (Å²) in [6.07, 6.45) is 0. The number of ether oxygens (including phenoxy) is 1. The van der Waals surface area contributed by atoms with Crippen LogP contribution in [0.25, 0.3) is 0 Å². The summed E-state index contributed by atoms with van der Waals surface area (Å²) in [6, 6.07) is 5.30. The molecule has 0 spiro atoms. The Bertz CT molecular complexity index is 420. The second-order valence-electron chi connectivity index (χ2n) is 3.36. The highest BCUT2D eigenvalue weighted by atomic mass is 16.5. The van der Waals surface area contributed by atoms with Gasteiger partial charge < -0.3 is 20.5 Å². The first-order chi connectivity index (χ1) is 8.04. The van der Waals surface area contributed by atoms with Crippen LogP contribution >= 0.6 is 0 Å². The van der Waals surface area contributed by atoms with E-state index in [2.05, 4.69) is 10.6 Å². The first-order valence-corrected chi connectivity index (χ1v) is 4.98. The molecule has 0 unspecified atom stereocenters. The number of anilines is 1. The molecule has 0 aliphatic carbocycles. The smallest absolute Gasteiger partial charge is 0.325 e. The number of methoxy groups -OCH3 is 1. The number of carbonyl (C=O) groups excluding carboxylic acids is 1. The lowest BCUT2D eigenvalue weighted by Gasteiger charge is -2.12. The largest absolute Gasteiger partial charge is 0.495 e. The third-order valence-corrected chi connectivity index (χ3v) is 2.07. The Labute approximate surface area is 98.6 Å². The highest BCUT2D eigenvalue weighted by molar-refractivity contribution is 5.93. The van der Waals surface area contributed by atoms with Crippen LogP contribution in [0, 0.1) is 0 Å². The van der Waals surface area contributed by atoms with Gasteiger partial charge in [-0.25, -0.2) is 4.79 Å². The molecule has 0 saturated carbocycles. The van der Waals surface area contributed by atoms with E-state index < -0.39 is 18.0 Å². The minimum absolute atomic E-state index is 0.477. The second kappa shape index (κ2) is 5.74. The van der Waals surface area contributed by atoms with Gasteiger partial charge in [-0.1, -0.05) is 12.1 Å². The van der Waals surface area contributed by atoms with Crippen LogP contribution in [0.5, 0.6) is 5.75 Å². The molecule has 1 aromatic carbocycles. The molecule has 3 N–H and O–H groups in total. The van der Waals surface area contributed by atoms with E-state index in [0.717, 1.165) is 0 Å². The van der Waals surface area contributed by atoms with E-state index in [0.29, 0.717) is 11.4 Å². The predicted octanol–water partition coefficient (Wildman–Crippen LogP) is 1.29. The molecular formula is C11H14N2O4. The van der Waals surface area contributed by atoms with Gasteiger partial charge in [0.15, 0.2) is 0 Å². The quantitative estimate of drug-likeness (QED) is 0.737. The van der Waals surface area contributed by atoms with Crippen molar-refractivity contribution in [3.05, 3.63) is 24.3 Å². The standard InChI is InChI=1S/C11H14N2O4/c1-7(10(14)15)12-11(16)13-8-5-3-4-6-9(8)17-2/h3-7H,1-2H3,(H,14,15)(H2,12,13,16)/t7-/m1/s1. The van der Waals surface area contributed by atoms with Gasteiger partial charge in [-0.3, -0.25) is 4.79 Å². The number of amides is 2. The molecule has 1 rings (SSSR count). The van der Waals surface area contributed by atoms with Gasteiger partial charge in [-0.05, 0) is 19.1 Å². The summed E-state index contributed by atoms with van der Waals surface area (Å²) < 4.78 is 5.04. The minimum atomic E-state index is -1.10. The molecule has 0 saturated heterocycles. The van der Waals surface area contributed by atoms with E-state index in [-0.39, 0.29) is 0 Å². The third kappa shape index (κ3) is 3.67. The summed E-state index contributed by atoms with van der Waals surface area (Å²) in [5.41, 5.74) is 0.477. The number of urea groups is 1. The van der Waals surface area contributed by atoms with Crippen LogP contribution < -0.4 is 15.4 Å². The van der Waals surface area contributed by atoms with Crippen LogP contribution in [0.3, 0.4) is 0 Å². The monoisotopic (exact) mass is 238 g/mol. The molecule has 0 bridgehead atoms. The summed E-state index contributed by atoms with van der Waals surface area (Å²) >= 11 is 0. The number of rotatable bonds is 4. The van der Waals surface area contributed by atoms with Gasteiger partial charge in [0, 0.05) is 0 Å². The van der Waals surface area contributed by atoms with Crippen molar-refractivity contribution in [3.8, 4) is 5.75 Å². The van der Waals surface area contributed by atoms with Gasteiger partial charge in [0.25, 0.3) is 0 Å². The molecule has 6 heteroatoms. The molecule has 0 aliphatic rings. The van der Waals surface area contributed by atoms with Crippen molar-refractivity contribution < 1.29 is 19.4 Å². The molecule has 0 radical (unpaired) electrons. The maximum absolute atomic E-state index is 11.5.